The van der Waals surface area contributed by atoms with E-state index < -0.39 is 0 Å². The van der Waals surface area contributed by atoms with Crippen molar-refractivity contribution >= 4 is 17.2 Å². The Balaban J connectivity index is 1.96. The van der Waals surface area contributed by atoms with Gasteiger partial charge in [-0.05, 0) is 24.3 Å². The van der Waals surface area contributed by atoms with Gasteiger partial charge in [0, 0.05) is 24.2 Å². The Labute approximate surface area is 138 Å². The third-order valence-corrected chi connectivity index (χ3v) is 3.59. The molecule has 0 aliphatic rings. The number of aromatic nitrogens is 2. The van der Waals surface area contributed by atoms with Crippen LogP contribution in [-0.2, 0) is 0 Å². The summed E-state index contributed by atoms with van der Waals surface area (Å²) in [6, 6.07) is 6.82. The molecular weight excluding hydrogens is 310 g/mol. The summed E-state index contributed by atoms with van der Waals surface area (Å²) in [5.74, 6) is 0.972. The number of methoxy groups -OCH3 is 3. The largest absolute Gasteiger partial charge is 0.493 e. The van der Waals surface area contributed by atoms with E-state index in [9.17, 15) is 4.79 Å². The zero-order valence-electron chi connectivity index (χ0n) is 13.6. The van der Waals surface area contributed by atoms with Crippen molar-refractivity contribution in [2.24, 2.45) is 0 Å². The van der Waals surface area contributed by atoms with Gasteiger partial charge in [-0.25, -0.2) is 4.98 Å². The van der Waals surface area contributed by atoms with Crippen LogP contribution in [0.4, 0.5) is 5.69 Å². The quantitative estimate of drug-likeness (QED) is 0.780. The monoisotopic (exact) mass is 327 g/mol. The normalized spacial score (nSPS) is 10.5. The third-order valence-electron chi connectivity index (χ3n) is 3.59. The number of imidazole rings is 1. The summed E-state index contributed by atoms with van der Waals surface area (Å²) in [5, 5.41) is 2.85. The van der Waals surface area contributed by atoms with Crippen LogP contribution in [0.3, 0.4) is 0 Å². The average molecular weight is 327 g/mol. The molecule has 1 amide bonds. The second-order valence-corrected chi connectivity index (χ2v) is 4.95. The van der Waals surface area contributed by atoms with E-state index in [2.05, 4.69) is 10.3 Å². The highest BCUT2D eigenvalue weighted by atomic mass is 16.5. The van der Waals surface area contributed by atoms with Crippen molar-refractivity contribution in [3.8, 4) is 17.2 Å². The molecule has 3 aromatic rings. The number of hydrogen-bond donors (Lipinski definition) is 1. The van der Waals surface area contributed by atoms with Gasteiger partial charge in [0.25, 0.3) is 5.91 Å². The van der Waals surface area contributed by atoms with Crippen LogP contribution in [-0.4, -0.2) is 36.6 Å². The minimum Gasteiger partial charge on any atom is -0.493 e. The Morgan fingerprint density at radius 2 is 1.79 bits per heavy atom. The summed E-state index contributed by atoms with van der Waals surface area (Å²) in [4.78, 5) is 16.9. The first kappa shape index (κ1) is 15.7. The maximum absolute atomic E-state index is 12.6. The van der Waals surface area contributed by atoms with Crippen molar-refractivity contribution in [1.82, 2.24) is 9.38 Å². The topological polar surface area (TPSA) is 74.1 Å². The molecule has 0 unspecified atom stereocenters. The number of hydrogen-bond acceptors (Lipinski definition) is 5. The number of pyridine rings is 1. The summed E-state index contributed by atoms with van der Waals surface area (Å²) in [6.07, 6.45) is 5.34. The van der Waals surface area contributed by atoms with E-state index in [4.69, 9.17) is 14.2 Å². The molecule has 0 radical (unpaired) electrons. The Morgan fingerprint density at radius 1 is 1.08 bits per heavy atom. The van der Waals surface area contributed by atoms with E-state index in [-0.39, 0.29) is 5.91 Å². The molecule has 7 heteroatoms. The van der Waals surface area contributed by atoms with Crippen molar-refractivity contribution < 1.29 is 19.0 Å². The number of anilines is 1. The van der Waals surface area contributed by atoms with Crippen molar-refractivity contribution in [3.05, 3.63) is 48.4 Å². The van der Waals surface area contributed by atoms with Gasteiger partial charge >= 0.3 is 0 Å². The molecule has 0 aliphatic carbocycles. The SMILES string of the molecule is COc1cc(C(=O)Nc2cccn3ccnc23)cc(OC)c1OC. The molecule has 0 saturated carbocycles. The Bertz CT molecular complexity index is 863. The van der Waals surface area contributed by atoms with E-state index in [1.54, 1.807) is 24.4 Å². The molecule has 0 spiro atoms. The highest BCUT2D eigenvalue weighted by molar-refractivity contribution is 6.06. The summed E-state index contributed by atoms with van der Waals surface area (Å²) >= 11 is 0. The number of amides is 1. The molecular formula is C17H17N3O4. The van der Waals surface area contributed by atoms with Gasteiger partial charge in [0.05, 0.1) is 27.0 Å². The van der Waals surface area contributed by atoms with Gasteiger partial charge in [0.1, 0.15) is 0 Å². The van der Waals surface area contributed by atoms with Crippen LogP contribution in [0.25, 0.3) is 5.65 Å². The highest BCUT2D eigenvalue weighted by Crippen LogP contribution is 2.38. The summed E-state index contributed by atoms with van der Waals surface area (Å²) in [7, 11) is 4.52. The third kappa shape index (κ3) is 2.71. The predicted octanol–water partition coefficient (Wildman–Crippen LogP) is 2.61. The standard InChI is InChI=1S/C17H17N3O4/c1-22-13-9-11(10-14(23-2)15(13)24-3)17(21)19-12-5-4-7-20-8-6-18-16(12)20/h4-10H,1-3H3,(H,19,21). The van der Waals surface area contributed by atoms with Crippen molar-refractivity contribution in [1.29, 1.82) is 0 Å². The van der Waals surface area contributed by atoms with E-state index in [0.29, 0.717) is 34.1 Å². The first-order chi connectivity index (χ1) is 11.7. The van der Waals surface area contributed by atoms with Gasteiger partial charge in [0.15, 0.2) is 17.1 Å². The minimum absolute atomic E-state index is 0.301. The molecule has 0 fully saturated rings. The number of fused-ring (bicyclic) bond motifs is 1. The van der Waals surface area contributed by atoms with Gasteiger partial charge in [-0.3, -0.25) is 4.79 Å². The fraction of sp³-hybridized carbons (Fsp3) is 0.176. The van der Waals surface area contributed by atoms with E-state index in [1.807, 2.05) is 22.9 Å². The van der Waals surface area contributed by atoms with Crippen LogP contribution >= 0.6 is 0 Å². The average Bonchev–Trinajstić information content (AvgIpc) is 3.10. The van der Waals surface area contributed by atoms with E-state index in [1.165, 1.54) is 21.3 Å². The van der Waals surface area contributed by atoms with Crippen molar-refractivity contribution in [3.63, 3.8) is 0 Å². The maximum Gasteiger partial charge on any atom is 0.256 e. The Hall–Kier alpha value is -3.22. The van der Waals surface area contributed by atoms with Crippen LogP contribution in [0.1, 0.15) is 10.4 Å². The van der Waals surface area contributed by atoms with Crippen LogP contribution in [0, 0.1) is 0 Å². The number of carbonyl (C=O) groups is 1. The lowest BCUT2D eigenvalue weighted by atomic mass is 10.1. The molecule has 0 bridgehead atoms. The minimum atomic E-state index is -0.301. The Morgan fingerprint density at radius 3 is 2.42 bits per heavy atom. The molecule has 2 aromatic heterocycles. The zero-order valence-corrected chi connectivity index (χ0v) is 13.6. The van der Waals surface area contributed by atoms with Gasteiger partial charge in [-0.1, -0.05) is 0 Å². The van der Waals surface area contributed by atoms with E-state index >= 15 is 0 Å². The van der Waals surface area contributed by atoms with Gasteiger partial charge in [-0.15, -0.1) is 0 Å². The van der Waals surface area contributed by atoms with Crippen LogP contribution in [0.5, 0.6) is 17.2 Å². The zero-order chi connectivity index (χ0) is 17.1. The molecule has 0 aliphatic heterocycles. The molecule has 24 heavy (non-hydrogen) atoms. The molecule has 3 rings (SSSR count). The summed E-state index contributed by atoms with van der Waals surface area (Å²) < 4.78 is 17.6. The lowest BCUT2D eigenvalue weighted by Gasteiger charge is -2.14. The molecule has 124 valence electrons. The van der Waals surface area contributed by atoms with Crippen LogP contribution in [0.15, 0.2) is 42.9 Å². The van der Waals surface area contributed by atoms with Gasteiger partial charge in [0.2, 0.25) is 5.75 Å². The molecule has 0 saturated heterocycles. The Kier molecular flexibility index (Phi) is 4.24. The molecule has 1 N–H and O–H groups in total. The predicted molar refractivity (Wildman–Crippen MR) is 89.2 cm³/mol. The molecule has 7 nitrogen and oxygen atoms in total. The highest BCUT2D eigenvalue weighted by Gasteiger charge is 2.17. The van der Waals surface area contributed by atoms with Crippen LogP contribution in [0.2, 0.25) is 0 Å². The fourth-order valence-electron chi connectivity index (χ4n) is 2.45. The van der Waals surface area contributed by atoms with Crippen molar-refractivity contribution in [2.45, 2.75) is 0 Å². The number of benzene rings is 1. The molecule has 2 heterocycles. The molecule has 0 atom stereocenters. The maximum atomic E-state index is 12.6. The summed E-state index contributed by atoms with van der Waals surface area (Å²) in [6.45, 7) is 0. The number of rotatable bonds is 5. The van der Waals surface area contributed by atoms with Crippen LogP contribution < -0.4 is 19.5 Å². The fourth-order valence-corrected chi connectivity index (χ4v) is 2.45. The van der Waals surface area contributed by atoms with Gasteiger partial charge in [-0.2, -0.15) is 0 Å². The summed E-state index contributed by atoms with van der Waals surface area (Å²) in [5.41, 5.74) is 1.66. The number of nitrogens with zero attached hydrogens (tertiary/aromatic N) is 2. The lowest BCUT2D eigenvalue weighted by Crippen LogP contribution is -2.13. The second kappa shape index (κ2) is 6.49. The number of ether oxygens (including phenoxy) is 3. The van der Waals surface area contributed by atoms with Gasteiger partial charge < -0.3 is 23.9 Å². The molecule has 1 aromatic carbocycles. The number of carbonyl (C=O) groups excluding carboxylic acids is 1. The second-order valence-electron chi connectivity index (χ2n) is 4.95. The lowest BCUT2D eigenvalue weighted by molar-refractivity contribution is 0.102. The first-order valence-corrected chi connectivity index (χ1v) is 7.21. The smallest absolute Gasteiger partial charge is 0.256 e. The first-order valence-electron chi connectivity index (χ1n) is 7.21. The number of nitrogens with one attached hydrogen (secondary N) is 1. The van der Waals surface area contributed by atoms with E-state index in [0.717, 1.165) is 0 Å². The van der Waals surface area contributed by atoms with Crippen molar-refractivity contribution in [2.75, 3.05) is 26.6 Å².